The van der Waals surface area contributed by atoms with Gasteiger partial charge in [-0.3, -0.25) is 4.98 Å². The number of aromatic nitrogens is 1. The molecule has 15 heavy (non-hydrogen) atoms. The summed E-state index contributed by atoms with van der Waals surface area (Å²) in [6, 6.07) is 3.76. The molecule has 4 nitrogen and oxygen atoms in total. The first-order valence-corrected chi connectivity index (χ1v) is 5.02. The summed E-state index contributed by atoms with van der Waals surface area (Å²) in [5.74, 6) is 0.518. The SMILES string of the molecule is CN1CCC(c2ccc(N=C=O)cn2)C1. The molecule has 1 aliphatic heterocycles. The second-order valence-electron chi connectivity index (χ2n) is 3.89. The van der Waals surface area contributed by atoms with Crippen LogP contribution in [-0.2, 0) is 4.79 Å². The average Bonchev–Trinajstić information content (AvgIpc) is 2.67. The molecular formula is C11H13N3O. The molecule has 0 saturated carbocycles. The Balaban J connectivity index is 2.13. The number of isocyanates is 1. The van der Waals surface area contributed by atoms with E-state index in [-0.39, 0.29) is 0 Å². The Morgan fingerprint density at radius 3 is 3.00 bits per heavy atom. The van der Waals surface area contributed by atoms with Crippen molar-refractivity contribution < 1.29 is 4.79 Å². The molecule has 1 saturated heterocycles. The van der Waals surface area contributed by atoms with E-state index in [2.05, 4.69) is 21.9 Å². The maximum atomic E-state index is 10.0. The zero-order valence-electron chi connectivity index (χ0n) is 8.68. The molecule has 0 aromatic carbocycles. The van der Waals surface area contributed by atoms with Crippen molar-refractivity contribution >= 4 is 11.8 Å². The van der Waals surface area contributed by atoms with E-state index < -0.39 is 0 Å². The van der Waals surface area contributed by atoms with Crippen LogP contribution >= 0.6 is 0 Å². The van der Waals surface area contributed by atoms with Crippen LogP contribution < -0.4 is 0 Å². The normalized spacial score (nSPS) is 21.3. The zero-order chi connectivity index (χ0) is 10.7. The molecule has 78 valence electrons. The summed E-state index contributed by atoms with van der Waals surface area (Å²) in [6.45, 7) is 2.18. The molecule has 0 spiro atoms. The number of aliphatic imine (C=N–C) groups is 1. The summed E-state index contributed by atoms with van der Waals surface area (Å²) in [5, 5.41) is 0. The molecule has 0 aliphatic carbocycles. The van der Waals surface area contributed by atoms with Crippen molar-refractivity contribution in [2.75, 3.05) is 20.1 Å². The zero-order valence-corrected chi connectivity index (χ0v) is 8.68. The first-order chi connectivity index (χ1) is 7.29. The molecule has 4 heteroatoms. The van der Waals surface area contributed by atoms with Crippen LogP contribution in [0.4, 0.5) is 5.69 Å². The van der Waals surface area contributed by atoms with Crippen molar-refractivity contribution in [2.45, 2.75) is 12.3 Å². The lowest BCUT2D eigenvalue weighted by molar-refractivity contribution is 0.411. The summed E-state index contributed by atoms with van der Waals surface area (Å²) in [6.07, 6.45) is 4.28. The molecule has 1 aliphatic rings. The third-order valence-electron chi connectivity index (χ3n) is 2.76. The number of pyridine rings is 1. The highest BCUT2D eigenvalue weighted by Gasteiger charge is 2.21. The van der Waals surface area contributed by atoms with E-state index in [1.54, 1.807) is 6.20 Å². The van der Waals surface area contributed by atoms with E-state index in [0.29, 0.717) is 11.6 Å². The highest BCUT2D eigenvalue weighted by atomic mass is 16.1. The number of hydrogen-bond acceptors (Lipinski definition) is 4. The Morgan fingerprint density at radius 1 is 1.60 bits per heavy atom. The van der Waals surface area contributed by atoms with Gasteiger partial charge >= 0.3 is 0 Å². The first-order valence-electron chi connectivity index (χ1n) is 5.02. The Morgan fingerprint density at radius 2 is 2.47 bits per heavy atom. The van der Waals surface area contributed by atoms with Crippen LogP contribution in [0.25, 0.3) is 0 Å². The Kier molecular flexibility index (Phi) is 2.90. The number of carbonyl (C=O) groups excluding carboxylic acids is 1. The minimum absolute atomic E-state index is 0.518. The third kappa shape index (κ3) is 2.29. The van der Waals surface area contributed by atoms with Gasteiger partial charge in [0, 0.05) is 18.2 Å². The predicted molar refractivity (Wildman–Crippen MR) is 56.9 cm³/mol. The molecule has 1 aromatic heterocycles. The number of likely N-dealkylation sites (tertiary alicyclic amines) is 1. The number of rotatable bonds is 2. The van der Waals surface area contributed by atoms with Crippen LogP contribution in [0.5, 0.6) is 0 Å². The van der Waals surface area contributed by atoms with Gasteiger partial charge in [-0.05, 0) is 32.1 Å². The minimum Gasteiger partial charge on any atom is -0.306 e. The molecular weight excluding hydrogens is 190 g/mol. The van der Waals surface area contributed by atoms with Crippen molar-refractivity contribution in [2.24, 2.45) is 4.99 Å². The summed E-state index contributed by atoms with van der Waals surface area (Å²) < 4.78 is 0. The van der Waals surface area contributed by atoms with Crippen molar-refractivity contribution in [3.05, 3.63) is 24.0 Å². The molecule has 2 rings (SSSR count). The van der Waals surface area contributed by atoms with Gasteiger partial charge in [-0.15, -0.1) is 0 Å². The smallest absolute Gasteiger partial charge is 0.240 e. The van der Waals surface area contributed by atoms with Gasteiger partial charge in [0.2, 0.25) is 6.08 Å². The van der Waals surface area contributed by atoms with Crippen LogP contribution in [0.3, 0.4) is 0 Å². The van der Waals surface area contributed by atoms with Crippen LogP contribution in [0, 0.1) is 0 Å². The molecule has 0 bridgehead atoms. The minimum atomic E-state index is 0.518. The summed E-state index contributed by atoms with van der Waals surface area (Å²) in [7, 11) is 2.12. The lowest BCUT2D eigenvalue weighted by Gasteiger charge is -2.09. The Bertz CT molecular complexity index is 381. The average molecular weight is 203 g/mol. The van der Waals surface area contributed by atoms with Crippen LogP contribution in [-0.4, -0.2) is 36.1 Å². The molecule has 0 amide bonds. The standard InChI is InChI=1S/C11H13N3O/c1-14-5-4-9(7-14)11-3-2-10(6-12-11)13-8-15/h2-3,6,9H,4-5,7H2,1H3. The van der Waals surface area contributed by atoms with Gasteiger partial charge < -0.3 is 4.90 Å². The van der Waals surface area contributed by atoms with Crippen molar-refractivity contribution in [3.8, 4) is 0 Å². The van der Waals surface area contributed by atoms with Gasteiger partial charge in [-0.1, -0.05) is 0 Å². The molecule has 1 atom stereocenters. The van der Waals surface area contributed by atoms with Gasteiger partial charge in [0.15, 0.2) is 0 Å². The maximum absolute atomic E-state index is 10.0. The second-order valence-corrected chi connectivity index (χ2v) is 3.89. The Labute approximate surface area is 88.7 Å². The van der Waals surface area contributed by atoms with E-state index >= 15 is 0 Å². The molecule has 2 heterocycles. The van der Waals surface area contributed by atoms with E-state index in [9.17, 15) is 4.79 Å². The van der Waals surface area contributed by atoms with Crippen LogP contribution in [0.2, 0.25) is 0 Å². The van der Waals surface area contributed by atoms with E-state index in [1.807, 2.05) is 12.1 Å². The quantitative estimate of drug-likeness (QED) is 0.540. The predicted octanol–water partition coefficient (Wildman–Crippen LogP) is 1.47. The highest BCUT2D eigenvalue weighted by Crippen LogP contribution is 2.25. The highest BCUT2D eigenvalue weighted by molar-refractivity contribution is 5.47. The van der Waals surface area contributed by atoms with Crippen molar-refractivity contribution in [1.29, 1.82) is 0 Å². The largest absolute Gasteiger partial charge is 0.306 e. The lowest BCUT2D eigenvalue weighted by Crippen LogP contribution is -2.13. The monoisotopic (exact) mass is 203 g/mol. The van der Waals surface area contributed by atoms with E-state index in [0.717, 1.165) is 25.2 Å². The fraction of sp³-hybridized carbons (Fsp3) is 0.455. The summed E-state index contributed by atoms with van der Waals surface area (Å²) in [5.41, 5.74) is 1.66. The number of likely N-dealkylation sites (N-methyl/N-ethyl adjacent to an activating group) is 1. The lowest BCUT2D eigenvalue weighted by atomic mass is 10.0. The van der Waals surface area contributed by atoms with Gasteiger partial charge in [0.05, 0.1) is 11.9 Å². The summed E-state index contributed by atoms with van der Waals surface area (Å²) in [4.78, 5) is 20.2. The second kappa shape index (κ2) is 4.34. The van der Waals surface area contributed by atoms with Gasteiger partial charge in [-0.2, -0.15) is 4.99 Å². The molecule has 1 fully saturated rings. The van der Waals surface area contributed by atoms with E-state index in [1.165, 1.54) is 6.08 Å². The molecule has 0 radical (unpaired) electrons. The molecule has 1 unspecified atom stereocenters. The number of nitrogens with zero attached hydrogens (tertiary/aromatic N) is 3. The third-order valence-corrected chi connectivity index (χ3v) is 2.76. The molecule has 1 aromatic rings. The van der Waals surface area contributed by atoms with Crippen LogP contribution in [0.15, 0.2) is 23.3 Å². The van der Waals surface area contributed by atoms with Crippen molar-refractivity contribution in [1.82, 2.24) is 9.88 Å². The van der Waals surface area contributed by atoms with Crippen molar-refractivity contribution in [3.63, 3.8) is 0 Å². The van der Waals surface area contributed by atoms with E-state index in [4.69, 9.17) is 0 Å². The number of hydrogen-bond donors (Lipinski definition) is 0. The Hall–Kier alpha value is -1.51. The molecule has 0 N–H and O–H groups in total. The maximum Gasteiger partial charge on any atom is 0.240 e. The van der Waals surface area contributed by atoms with Gasteiger partial charge in [-0.25, -0.2) is 4.79 Å². The van der Waals surface area contributed by atoms with Gasteiger partial charge in [0.25, 0.3) is 0 Å². The topological polar surface area (TPSA) is 45.6 Å². The fourth-order valence-corrected chi connectivity index (χ4v) is 1.93. The van der Waals surface area contributed by atoms with Gasteiger partial charge in [0.1, 0.15) is 0 Å². The first kappa shape index (κ1) is 10.0. The van der Waals surface area contributed by atoms with Crippen LogP contribution in [0.1, 0.15) is 18.0 Å². The summed E-state index contributed by atoms with van der Waals surface area (Å²) >= 11 is 0. The fourth-order valence-electron chi connectivity index (χ4n) is 1.93.